The highest BCUT2D eigenvalue weighted by molar-refractivity contribution is 7.21. The second kappa shape index (κ2) is 5.61. The molecular formula is C15H11ClN2OS. The summed E-state index contributed by atoms with van der Waals surface area (Å²) in [5, 5.41) is 3.68. The Balaban J connectivity index is 2.07. The molecule has 0 radical (unpaired) electrons. The van der Waals surface area contributed by atoms with Gasteiger partial charge in [0.1, 0.15) is 10.9 Å². The van der Waals surface area contributed by atoms with E-state index in [2.05, 4.69) is 10.3 Å². The second-order valence-electron chi connectivity index (χ2n) is 4.21. The zero-order valence-electron chi connectivity index (χ0n) is 10.5. The van der Waals surface area contributed by atoms with E-state index in [4.69, 9.17) is 11.6 Å². The first kappa shape index (κ1) is 13.1. The highest BCUT2D eigenvalue weighted by Crippen LogP contribution is 2.34. The fraction of sp³-hybridized carbons (Fsp3) is 0.0667. The molecule has 1 heterocycles. The van der Waals surface area contributed by atoms with Gasteiger partial charge in [0.2, 0.25) is 5.91 Å². The van der Waals surface area contributed by atoms with E-state index >= 15 is 0 Å². The summed E-state index contributed by atoms with van der Waals surface area (Å²) >= 11 is 7.14. The van der Waals surface area contributed by atoms with Crippen molar-refractivity contribution in [2.45, 2.75) is 0 Å². The number of carbonyl (C=O) groups is 1. The topological polar surface area (TPSA) is 42.0 Å². The Bertz CT molecular complexity index is 736. The maximum absolute atomic E-state index is 11.5. The Labute approximate surface area is 125 Å². The van der Waals surface area contributed by atoms with Crippen LogP contribution in [-0.4, -0.2) is 16.8 Å². The molecule has 2 aromatic carbocycles. The maximum atomic E-state index is 11.5. The third kappa shape index (κ3) is 2.53. The summed E-state index contributed by atoms with van der Waals surface area (Å²) in [4.78, 5) is 16.1. The van der Waals surface area contributed by atoms with Crippen molar-refractivity contribution in [1.82, 2.24) is 4.98 Å². The number of nitrogens with one attached hydrogen (secondary N) is 1. The van der Waals surface area contributed by atoms with Gasteiger partial charge < -0.3 is 5.32 Å². The van der Waals surface area contributed by atoms with Gasteiger partial charge in [0.05, 0.1) is 15.9 Å². The van der Waals surface area contributed by atoms with Crippen molar-refractivity contribution in [3.63, 3.8) is 0 Å². The summed E-state index contributed by atoms with van der Waals surface area (Å²) in [6, 6.07) is 15.6. The number of benzene rings is 2. The average molecular weight is 303 g/mol. The quantitative estimate of drug-likeness (QED) is 0.739. The summed E-state index contributed by atoms with van der Waals surface area (Å²) in [6.07, 6.45) is 0. The molecule has 0 aliphatic carbocycles. The van der Waals surface area contributed by atoms with E-state index in [1.165, 1.54) is 0 Å². The Morgan fingerprint density at radius 1 is 1.15 bits per heavy atom. The van der Waals surface area contributed by atoms with Gasteiger partial charge in [-0.05, 0) is 24.3 Å². The lowest BCUT2D eigenvalue weighted by molar-refractivity contribution is -0.113. The van der Waals surface area contributed by atoms with Crippen molar-refractivity contribution >= 4 is 44.7 Å². The third-order valence-corrected chi connectivity index (χ3v) is 4.16. The lowest BCUT2D eigenvalue weighted by Crippen LogP contribution is -2.13. The van der Waals surface area contributed by atoms with Crippen LogP contribution in [0.25, 0.3) is 20.8 Å². The molecule has 1 N–H and O–H groups in total. The molecule has 0 spiro atoms. The van der Waals surface area contributed by atoms with Crippen LogP contribution < -0.4 is 5.32 Å². The van der Waals surface area contributed by atoms with Crippen LogP contribution in [0.4, 0.5) is 5.69 Å². The van der Waals surface area contributed by atoms with E-state index in [0.717, 1.165) is 26.5 Å². The van der Waals surface area contributed by atoms with Crippen molar-refractivity contribution in [2.75, 3.05) is 11.2 Å². The Hall–Kier alpha value is -1.91. The zero-order chi connectivity index (χ0) is 13.9. The lowest BCUT2D eigenvalue weighted by Gasteiger charge is -2.07. The maximum Gasteiger partial charge on any atom is 0.239 e. The van der Waals surface area contributed by atoms with Crippen molar-refractivity contribution in [3.8, 4) is 10.6 Å². The number of thiazole rings is 1. The Morgan fingerprint density at radius 3 is 2.70 bits per heavy atom. The van der Waals surface area contributed by atoms with Gasteiger partial charge >= 0.3 is 0 Å². The van der Waals surface area contributed by atoms with Gasteiger partial charge in [-0.2, -0.15) is 0 Å². The molecule has 3 aromatic rings. The molecule has 0 unspecified atom stereocenters. The van der Waals surface area contributed by atoms with Crippen LogP contribution in [0.3, 0.4) is 0 Å². The number of carbonyl (C=O) groups excluding carboxylic acids is 1. The zero-order valence-corrected chi connectivity index (χ0v) is 12.0. The largest absolute Gasteiger partial charge is 0.324 e. The number of rotatable bonds is 3. The standard InChI is InChI=1S/C15H11ClN2OS/c16-9-14(19)17-11-6-2-1-5-10(11)15-18-12-7-3-4-8-13(12)20-15/h1-8H,9H2,(H,17,19). The van der Waals surface area contributed by atoms with Gasteiger partial charge in [-0.3, -0.25) is 4.79 Å². The summed E-state index contributed by atoms with van der Waals surface area (Å²) in [6.45, 7) is 0. The summed E-state index contributed by atoms with van der Waals surface area (Å²) < 4.78 is 1.13. The van der Waals surface area contributed by atoms with Crippen molar-refractivity contribution in [2.24, 2.45) is 0 Å². The van der Waals surface area contributed by atoms with Gasteiger partial charge in [0, 0.05) is 5.56 Å². The predicted molar refractivity (Wildman–Crippen MR) is 84.4 cm³/mol. The van der Waals surface area contributed by atoms with Crippen LogP contribution in [0.5, 0.6) is 0 Å². The summed E-state index contributed by atoms with van der Waals surface area (Å²) in [5.41, 5.74) is 2.61. The number of fused-ring (bicyclic) bond motifs is 1. The van der Waals surface area contributed by atoms with Crippen molar-refractivity contribution in [1.29, 1.82) is 0 Å². The van der Waals surface area contributed by atoms with Crippen molar-refractivity contribution < 1.29 is 4.79 Å². The molecule has 0 aliphatic heterocycles. The molecule has 3 rings (SSSR count). The highest BCUT2D eigenvalue weighted by atomic mass is 35.5. The first-order valence-electron chi connectivity index (χ1n) is 6.09. The SMILES string of the molecule is O=C(CCl)Nc1ccccc1-c1nc2ccccc2s1. The van der Waals surface area contributed by atoms with E-state index in [1.54, 1.807) is 11.3 Å². The minimum atomic E-state index is -0.222. The van der Waals surface area contributed by atoms with E-state index in [0.29, 0.717) is 0 Å². The van der Waals surface area contributed by atoms with Crippen LogP contribution in [0.15, 0.2) is 48.5 Å². The molecule has 0 saturated heterocycles. The lowest BCUT2D eigenvalue weighted by atomic mass is 10.2. The second-order valence-corrected chi connectivity index (χ2v) is 5.51. The molecule has 3 nitrogen and oxygen atoms in total. The molecule has 0 saturated carbocycles. The predicted octanol–water partition coefficient (Wildman–Crippen LogP) is 4.14. The molecule has 100 valence electrons. The Morgan fingerprint density at radius 2 is 1.90 bits per heavy atom. The van der Waals surface area contributed by atoms with E-state index in [9.17, 15) is 4.79 Å². The molecule has 0 fully saturated rings. The first-order valence-corrected chi connectivity index (χ1v) is 7.44. The molecule has 5 heteroatoms. The number of hydrogen-bond donors (Lipinski definition) is 1. The molecule has 20 heavy (non-hydrogen) atoms. The van der Waals surface area contributed by atoms with Crippen LogP contribution in [-0.2, 0) is 4.79 Å². The number of hydrogen-bond acceptors (Lipinski definition) is 3. The van der Waals surface area contributed by atoms with Crippen LogP contribution in [0.1, 0.15) is 0 Å². The molecule has 0 bridgehead atoms. The number of halogens is 1. The summed E-state index contributed by atoms with van der Waals surface area (Å²) in [7, 11) is 0. The van der Waals surface area contributed by atoms with Gasteiger partial charge in [0.25, 0.3) is 0 Å². The minimum Gasteiger partial charge on any atom is -0.324 e. The number of para-hydroxylation sites is 2. The van der Waals surface area contributed by atoms with E-state index in [1.807, 2.05) is 48.5 Å². The molecule has 0 atom stereocenters. The number of nitrogens with zero attached hydrogens (tertiary/aromatic N) is 1. The average Bonchev–Trinajstić information content (AvgIpc) is 2.91. The molecular weight excluding hydrogens is 292 g/mol. The third-order valence-electron chi connectivity index (χ3n) is 2.85. The van der Waals surface area contributed by atoms with Crippen molar-refractivity contribution in [3.05, 3.63) is 48.5 Å². The highest BCUT2D eigenvalue weighted by Gasteiger charge is 2.11. The van der Waals surface area contributed by atoms with Gasteiger partial charge in [-0.25, -0.2) is 4.98 Å². The first-order chi connectivity index (χ1) is 9.78. The number of alkyl halides is 1. The fourth-order valence-corrected chi connectivity index (χ4v) is 3.02. The number of amides is 1. The fourth-order valence-electron chi connectivity index (χ4n) is 1.95. The van der Waals surface area contributed by atoms with Crippen LogP contribution in [0.2, 0.25) is 0 Å². The monoisotopic (exact) mass is 302 g/mol. The molecule has 1 aromatic heterocycles. The Kier molecular flexibility index (Phi) is 3.67. The smallest absolute Gasteiger partial charge is 0.239 e. The van der Waals surface area contributed by atoms with E-state index < -0.39 is 0 Å². The van der Waals surface area contributed by atoms with Gasteiger partial charge in [-0.15, -0.1) is 22.9 Å². The normalized spacial score (nSPS) is 10.7. The number of anilines is 1. The summed E-state index contributed by atoms with van der Waals surface area (Å²) in [5.74, 6) is -0.283. The van der Waals surface area contributed by atoms with Gasteiger partial charge in [0.15, 0.2) is 0 Å². The van der Waals surface area contributed by atoms with Crippen LogP contribution >= 0.6 is 22.9 Å². The molecule has 1 amide bonds. The minimum absolute atomic E-state index is 0.0613. The molecule has 0 aliphatic rings. The van der Waals surface area contributed by atoms with Crippen LogP contribution in [0, 0.1) is 0 Å². The van der Waals surface area contributed by atoms with Gasteiger partial charge in [-0.1, -0.05) is 24.3 Å². The van der Waals surface area contributed by atoms with E-state index in [-0.39, 0.29) is 11.8 Å². The number of aromatic nitrogens is 1.